The van der Waals surface area contributed by atoms with Crippen molar-refractivity contribution in [3.05, 3.63) is 59.4 Å². The zero-order chi connectivity index (χ0) is 21.8. The van der Waals surface area contributed by atoms with Crippen molar-refractivity contribution < 1.29 is 13.2 Å². The number of piperidine rings is 1. The van der Waals surface area contributed by atoms with Gasteiger partial charge in [-0.25, -0.2) is 13.4 Å². The number of hydrogen-bond acceptors (Lipinski definition) is 4. The molecule has 0 spiro atoms. The molecule has 2 aliphatic carbocycles. The number of aromatic amines is 1. The summed E-state index contributed by atoms with van der Waals surface area (Å²) in [7, 11) is -3.34. The van der Waals surface area contributed by atoms with Gasteiger partial charge in [-0.05, 0) is 54.3 Å². The van der Waals surface area contributed by atoms with Gasteiger partial charge in [0.1, 0.15) is 0 Å². The molecule has 1 saturated carbocycles. The second-order valence-electron chi connectivity index (χ2n) is 9.65. The molecule has 0 radical (unpaired) electrons. The summed E-state index contributed by atoms with van der Waals surface area (Å²) in [6.45, 7) is 4.59. The fourth-order valence-electron chi connectivity index (χ4n) is 6.45. The van der Waals surface area contributed by atoms with Crippen molar-refractivity contribution in [3.8, 4) is 0 Å². The summed E-state index contributed by atoms with van der Waals surface area (Å²) in [6.07, 6.45) is 4.44. The Balaban J connectivity index is 1.37. The van der Waals surface area contributed by atoms with Crippen molar-refractivity contribution in [2.24, 2.45) is 5.41 Å². The molecule has 8 heteroatoms. The van der Waals surface area contributed by atoms with Crippen LogP contribution in [0.1, 0.15) is 41.8 Å². The van der Waals surface area contributed by atoms with Crippen LogP contribution in [0, 0.1) is 5.41 Å². The summed E-state index contributed by atoms with van der Waals surface area (Å²) in [4.78, 5) is 22.9. The molecule has 2 aromatic carbocycles. The number of carbonyl (C=O) groups is 1. The van der Waals surface area contributed by atoms with Crippen LogP contribution >= 0.6 is 0 Å². The van der Waals surface area contributed by atoms with Gasteiger partial charge in [-0.2, -0.15) is 0 Å². The third-order valence-electron chi connectivity index (χ3n) is 8.16. The second kappa shape index (κ2) is 5.68. The number of likely N-dealkylation sites (tertiary alicyclic amines) is 1. The maximum atomic E-state index is 13.5. The molecule has 1 aromatic heterocycles. The Bertz CT molecular complexity index is 1380. The summed E-state index contributed by atoms with van der Waals surface area (Å²) < 4.78 is 25.9. The summed E-state index contributed by atoms with van der Waals surface area (Å²) in [5, 5.41) is 0. The molecule has 3 aromatic rings. The summed E-state index contributed by atoms with van der Waals surface area (Å²) in [5.41, 5.74) is 5.39. The smallest absolute Gasteiger partial charge is 0.254 e. The number of hydrogen-bond donors (Lipinski definition) is 2. The van der Waals surface area contributed by atoms with Crippen molar-refractivity contribution in [2.75, 3.05) is 11.0 Å². The van der Waals surface area contributed by atoms with Gasteiger partial charge >= 0.3 is 0 Å². The van der Waals surface area contributed by atoms with Crippen LogP contribution in [0.25, 0.3) is 11.0 Å². The summed E-state index contributed by atoms with van der Waals surface area (Å²) >= 11 is 0. The average molecular weight is 437 g/mol. The van der Waals surface area contributed by atoms with Crippen molar-refractivity contribution >= 4 is 32.7 Å². The largest absolute Gasteiger partial charge is 0.345 e. The van der Waals surface area contributed by atoms with Crippen LogP contribution in [0.5, 0.6) is 0 Å². The van der Waals surface area contributed by atoms with E-state index in [2.05, 4.69) is 39.5 Å². The number of nitrogens with one attached hydrogen (secondary N) is 2. The van der Waals surface area contributed by atoms with Gasteiger partial charge in [0.2, 0.25) is 10.0 Å². The van der Waals surface area contributed by atoms with Crippen molar-refractivity contribution in [1.29, 1.82) is 0 Å². The number of fused-ring (bicyclic) bond motifs is 3. The van der Waals surface area contributed by atoms with Crippen LogP contribution in [0.2, 0.25) is 0 Å². The second-order valence-corrected chi connectivity index (χ2v) is 11.4. The lowest BCUT2D eigenvalue weighted by Gasteiger charge is -2.79. The molecule has 160 valence electrons. The highest BCUT2D eigenvalue weighted by molar-refractivity contribution is 7.92. The topological polar surface area (TPSA) is 95.2 Å². The third-order valence-corrected chi connectivity index (χ3v) is 8.77. The van der Waals surface area contributed by atoms with E-state index in [0.29, 0.717) is 11.3 Å². The first-order valence-corrected chi connectivity index (χ1v) is 12.4. The van der Waals surface area contributed by atoms with Crippen LogP contribution in [-0.2, 0) is 21.9 Å². The molecule has 1 amide bonds. The highest BCUT2D eigenvalue weighted by Gasteiger charge is 2.76. The van der Waals surface area contributed by atoms with Gasteiger partial charge < -0.3 is 9.88 Å². The average Bonchev–Trinajstić information content (AvgIpc) is 3.17. The van der Waals surface area contributed by atoms with Crippen LogP contribution in [0.4, 0.5) is 5.69 Å². The lowest BCUT2D eigenvalue weighted by Crippen LogP contribution is -2.87. The standard InChI is InChI=1S/C23H24N4O3S/c1-22-11-20-23(22,2)19(10-14-8-15(5-6-16(14)22)26-31(3,29)30)27(20)21(28)13-4-7-17-18(9-13)25-12-24-17/h4-9,12,19-20,26H,10-11H2,1-3H3,(H,24,25). The molecule has 3 aliphatic rings. The number of aromatic nitrogens is 2. The van der Waals surface area contributed by atoms with E-state index in [1.807, 2.05) is 30.3 Å². The van der Waals surface area contributed by atoms with Gasteiger partial charge in [-0.3, -0.25) is 9.52 Å². The third kappa shape index (κ3) is 2.31. The highest BCUT2D eigenvalue weighted by Crippen LogP contribution is 2.71. The maximum Gasteiger partial charge on any atom is 0.254 e. The molecule has 4 unspecified atom stereocenters. The predicted molar refractivity (Wildman–Crippen MR) is 119 cm³/mol. The quantitative estimate of drug-likeness (QED) is 0.660. The van der Waals surface area contributed by atoms with Gasteiger partial charge in [0.25, 0.3) is 5.91 Å². The van der Waals surface area contributed by atoms with Gasteiger partial charge in [0, 0.05) is 34.2 Å². The van der Waals surface area contributed by atoms with E-state index < -0.39 is 10.0 Å². The Morgan fingerprint density at radius 1 is 1.19 bits per heavy atom. The molecule has 2 N–H and O–H groups in total. The first-order chi connectivity index (χ1) is 14.6. The number of rotatable bonds is 3. The normalized spacial score (nSPS) is 30.7. The van der Waals surface area contributed by atoms with E-state index in [0.717, 1.165) is 35.7 Å². The Morgan fingerprint density at radius 3 is 2.77 bits per heavy atom. The molecule has 4 atom stereocenters. The lowest BCUT2D eigenvalue weighted by atomic mass is 9.35. The molecule has 31 heavy (non-hydrogen) atoms. The number of anilines is 1. The fourth-order valence-corrected chi connectivity index (χ4v) is 7.01. The first-order valence-electron chi connectivity index (χ1n) is 10.5. The molecule has 0 bridgehead atoms. The highest BCUT2D eigenvalue weighted by atomic mass is 32.2. The van der Waals surface area contributed by atoms with Crippen LogP contribution < -0.4 is 4.72 Å². The van der Waals surface area contributed by atoms with E-state index in [4.69, 9.17) is 0 Å². The van der Waals surface area contributed by atoms with Crippen LogP contribution in [0.3, 0.4) is 0 Å². The molecule has 2 heterocycles. The Labute approximate surface area is 180 Å². The van der Waals surface area contributed by atoms with Gasteiger partial charge in [-0.1, -0.05) is 19.9 Å². The van der Waals surface area contributed by atoms with Crippen LogP contribution in [0.15, 0.2) is 42.7 Å². The van der Waals surface area contributed by atoms with Crippen molar-refractivity contribution in [2.45, 2.75) is 44.2 Å². The van der Waals surface area contributed by atoms with Gasteiger partial charge in [0.15, 0.2) is 0 Å². The van der Waals surface area contributed by atoms with Gasteiger partial charge in [-0.15, -0.1) is 0 Å². The molecule has 1 saturated heterocycles. The van der Waals surface area contributed by atoms with E-state index in [9.17, 15) is 13.2 Å². The summed E-state index contributed by atoms with van der Waals surface area (Å²) in [6, 6.07) is 11.8. The Morgan fingerprint density at radius 2 is 2.00 bits per heavy atom. The summed E-state index contributed by atoms with van der Waals surface area (Å²) in [5.74, 6) is 0.0555. The monoisotopic (exact) mass is 436 g/mol. The minimum Gasteiger partial charge on any atom is -0.345 e. The number of sulfonamides is 1. The minimum absolute atomic E-state index is 0.0103. The zero-order valence-electron chi connectivity index (χ0n) is 17.6. The number of H-pyrrole nitrogens is 1. The molecule has 2 fully saturated rings. The Kier molecular flexibility index (Phi) is 3.45. The first kappa shape index (κ1) is 18.9. The van der Waals surface area contributed by atoms with E-state index in [-0.39, 0.29) is 28.8 Å². The number of imidazole rings is 1. The van der Waals surface area contributed by atoms with E-state index in [1.54, 1.807) is 6.33 Å². The molecular formula is C23H24N4O3S. The number of amides is 1. The number of benzene rings is 2. The van der Waals surface area contributed by atoms with Crippen molar-refractivity contribution in [1.82, 2.24) is 14.9 Å². The van der Waals surface area contributed by atoms with Gasteiger partial charge in [0.05, 0.1) is 23.6 Å². The minimum atomic E-state index is -3.34. The van der Waals surface area contributed by atoms with Crippen molar-refractivity contribution in [3.63, 3.8) is 0 Å². The molecule has 7 nitrogen and oxygen atoms in total. The molecule has 6 rings (SSSR count). The SMILES string of the molecule is CC12CC3N(C(=O)c4ccc5nc[nH]c5c4)C(Cc4cc(NS(C)(=O)=O)ccc41)C32C. The van der Waals surface area contributed by atoms with Crippen LogP contribution in [-0.4, -0.2) is 47.5 Å². The lowest BCUT2D eigenvalue weighted by molar-refractivity contribution is -0.231. The number of nitrogens with zero attached hydrogens (tertiary/aromatic N) is 2. The molecule has 1 aliphatic heterocycles. The molecular weight excluding hydrogens is 412 g/mol. The maximum absolute atomic E-state index is 13.5. The predicted octanol–water partition coefficient (Wildman–Crippen LogP) is 3.05. The van der Waals surface area contributed by atoms with E-state index >= 15 is 0 Å². The zero-order valence-corrected chi connectivity index (χ0v) is 18.5. The number of carbonyl (C=O) groups excluding carboxylic acids is 1. The Hall–Kier alpha value is -2.87. The van der Waals surface area contributed by atoms with E-state index in [1.165, 1.54) is 5.56 Å². The fraction of sp³-hybridized carbons (Fsp3) is 0.391.